The summed E-state index contributed by atoms with van der Waals surface area (Å²) in [5.74, 6) is 0.835. The summed E-state index contributed by atoms with van der Waals surface area (Å²) in [6.45, 7) is 6.37. The highest BCUT2D eigenvalue weighted by Gasteiger charge is 2.11. The van der Waals surface area contributed by atoms with Crippen molar-refractivity contribution in [1.82, 2.24) is 20.2 Å². The Balaban J connectivity index is 1.34. The van der Waals surface area contributed by atoms with Crippen molar-refractivity contribution in [1.29, 1.82) is 0 Å². The van der Waals surface area contributed by atoms with Gasteiger partial charge in [0, 0.05) is 58.3 Å². The van der Waals surface area contributed by atoms with E-state index in [1.165, 1.54) is 5.56 Å². The van der Waals surface area contributed by atoms with Crippen molar-refractivity contribution in [2.45, 2.75) is 52.1 Å². The number of unbranched alkanes of at least 4 members (excludes halogenated alkanes) is 1. The Labute approximate surface area is 254 Å². The second-order valence-corrected chi connectivity index (χ2v) is 10.5. The number of carbonyl (C=O) groups excluding carboxylic acids is 1. The minimum Gasteiger partial charge on any atom is -0.493 e. The molecular formula is C34H44N6O3. The average molecular weight is 585 g/mol. The van der Waals surface area contributed by atoms with Crippen molar-refractivity contribution in [3.05, 3.63) is 84.2 Å². The molecule has 43 heavy (non-hydrogen) atoms. The number of hydrogen-bond donors (Lipinski definition) is 3. The van der Waals surface area contributed by atoms with Gasteiger partial charge < -0.3 is 25.1 Å². The van der Waals surface area contributed by atoms with Gasteiger partial charge in [0.15, 0.2) is 5.96 Å². The van der Waals surface area contributed by atoms with Gasteiger partial charge in [-0.2, -0.15) is 0 Å². The molecule has 1 heterocycles. The highest BCUT2D eigenvalue weighted by molar-refractivity contribution is 5.96. The highest BCUT2D eigenvalue weighted by Crippen LogP contribution is 2.32. The second-order valence-electron chi connectivity index (χ2n) is 10.5. The molecule has 9 heteroatoms. The highest BCUT2D eigenvalue weighted by atomic mass is 16.5. The molecule has 0 unspecified atom stereocenters. The van der Waals surface area contributed by atoms with E-state index >= 15 is 0 Å². The van der Waals surface area contributed by atoms with Crippen LogP contribution in [0.4, 0.5) is 0 Å². The fourth-order valence-electron chi connectivity index (χ4n) is 4.75. The number of carbonyl (C=O) groups is 1. The van der Waals surface area contributed by atoms with Crippen molar-refractivity contribution < 1.29 is 14.3 Å². The first-order chi connectivity index (χ1) is 21.1. The number of aryl methyl sites for hydroxylation is 1. The van der Waals surface area contributed by atoms with Gasteiger partial charge in [0.2, 0.25) is 5.91 Å². The topological polar surface area (TPSA) is 116 Å². The SMILES string of the molecule is CCCCN=C(N)NC(=O)CCc1ccc(-c2ccc(CNCCn3cnc4ccccc43)cc2)c(OCCCOC)c1. The molecule has 0 fully saturated rings. The molecule has 4 N–H and O–H groups in total. The summed E-state index contributed by atoms with van der Waals surface area (Å²) in [6.07, 6.45) is 5.55. The smallest absolute Gasteiger partial charge is 0.226 e. The van der Waals surface area contributed by atoms with E-state index in [-0.39, 0.29) is 11.9 Å². The first kappa shape index (κ1) is 31.7. The van der Waals surface area contributed by atoms with E-state index in [9.17, 15) is 4.79 Å². The van der Waals surface area contributed by atoms with Crippen molar-refractivity contribution in [3.8, 4) is 16.9 Å². The fraction of sp³-hybridized carbons (Fsp3) is 0.382. The molecule has 0 saturated carbocycles. The Morgan fingerprint density at radius 1 is 1.02 bits per heavy atom. The van der Waals surface area contributed by atoms with Crippen molar-refractivity contribution in [3.63, 3.8) is 0 Å². The van der Waals surface area contributed by atoms with Gasteiger partial charge in [-0.05, 0) is 47.7 Å². The molecule has 0 bridgehead atoms. The van der Waals surface area contributed by atoms with Gasteiger partial charge >= 0.3 is 0 Å². The van der Waals surface area contributed by atoms with Crippen molar-refractivity contribution in [2.24, 2.45) is 10.7 Å². The lowest BCUT2D eigenvalue weighted by molar-refractivity contribution is -0.119. The maximum Gasteiger partial charge on any atom is 0.226 e. The summed E-state index contributed by atoms with van der Waals surface area (Å²) in [4.78, 5) is 21.0. The van der Waals surface area contributed by atoms with Crippen LogP contribution >= 0.6 is 0 Å². The lowest BCUT2D eigenvalue weighted by Gasteiger charge is -2.14. The fourth-order valence-corrected chi connectivity index (χ4v) is 4.75. The number of fused-ring (bicyclic) bond motifs is 1. The van der Waals surface area contributed by atoms with Crippen LogP contribution in [-0.4, -0.2) is 54.8 Å². The maximum atomic E-state index is 12.4. The van der Waals surface area contributed by atoms with Crippen LogP contribution in [-0.2, 0) is 29.0 Å². The Bertz CT molecular complexity index is 1460. The lowest BCUT2D eigenvalue weighted by Crippen LogP contribution is -2.37. The third-order valence-electron chi connectivity index (χ3n) is 7.15. The molecule has 0 saturated heterocycles. The minimum absolute atomic E-state index is 0.146. The number of nitrogens with one attached hydrogen (secondary N) is 2. The first-order valence-electron chi connectivity index (χ1n) is 15.1. The third kappa shape index (κ3) is 9.94. The van der Waals surface area contributed by atoms with E-state index in [1.54, 1.807) is 7.11 Å². The van der Waals surface area contributed by atoms with Gasteiger partial charge in [-0.25, -0.2) is 4.98 Å². The molecule has 3 aromatic carbocycles. The average Bonchev–Trinajstić information content (AvgIpc) is 3.44. The number of aliphatic imine (C=N–C) groups is 1. The standard InChI is InChI=1S/C34H44N6O3/c1-3-4-18-37-34(35)39-33(41)17-13-26-12-16-29(32(23-26)43-22-7-21-42-2)28-14-10-27(11-15-28)24-36-19-20-40-25-38-30-8-5-6-9-31(30)40/h5-6,8-12,14-16,23,25,36H,3-4,7,13,17-22,24H2,1-2H3,(H3,35,37,39,41). The summed E-state index contributed by atoms with van der Waals surface area (Å²) in [6, 6.07) is 22.9. The van der Waals surface area contributed by atoms with E-state index in [0.29, 0.717) is 32.6 Å². The molecule has 1 amide bonds. The molecule has 0 radical (unpaired) electrons. The van der Waals surface area contributed by atoms with E-state index in [2.05, 4.69) is 74.6 Å². The summed E-state index contributed by atoms with van der Waals surface area (Å²) in [7, 11) is 1.69. The quantitative estimate of drug-likeness (QED) is 0.0907. The monoisotopic (exact) mass is 584 g/mol. The van der Waals surface area contributed by atoms with Gasteiger partial charge in [0.1, 0.15) is 5.75 Å². The summed E-state index contributed by atoms with van der Waals surface area (Å²) in [5, 5.41) is 6.22. The molecule has 4 aromatic rings. The van der Waals surface area contributed by atoms with Crippen molar-refractivity contribution in [2.75, 3.05) is 33.4 Å². The minimum atomic E-state index is -0.146. The van der Waals surface area contributed by atoms with Gasteiger partial charge in [0.05, 0.1) is 24.0 Å². The number of amides is 1. The maximum absolute atomic E-state index is 12.4. The molecular weight excluding hydrogens is 540 g/mol. The van der Waals surface area contributed by atoms with Crippen LogP contribution in [0.1, 0.15) is 43.7 Å². The van der Waals surface area contributed by atoms with Gasteiger partial charge in [-0.1, -0.05) is 61.9 Å². The van der Waals surface area contributed by atoms with E-state index in [0.717, 1.165) is 72.4 Å². The predicted molar refractivity (Wildman–Crippen MR) is 173 cm³/mol. The Kier molecular flexibility index (Phi) is 12.6. The number of rotatable bonds is 17. The number of guanidine groups is 1. The molecule has 9 nitrogen and oxygen atoms in total. The zero-order valence-corrected chi connectivity index (χ0v) is 25.4. The van der Waals surface area contributed by atoms with Gasteiger partial charge in [-0.3, -0.25) is 15.1 Å². The van der Waals surface area contributed by atoms with Crippen LogP contribution in [0.3, 0.4) is 0 Å². The summed E-state index contributed by atoms with van der Waals surface area (Å²) in [5.41, 5.74) is 12.3. The predicted octanol–water partition coefficient (Wildman–Crippen LogP) is 5.07. The Morgan fingerprint density at radius 3 is 2.65 bits per heavy atom. The zero-order chi connectivity index (χ0) is 30.3. The molecule has 0 aliphatic rings. The number of ether oxygens (including phenoxy) is 2. The lowest BCUT2D eigenvalue weighted by atomic mass is 9.99. The zero-order valence-electron chi connectivity index (χ0n) is 25.4. The first-order valence-corrected chi connectivity index (χ1v) is 15.1. The summed E-state index contributed by atoms with van der Waals surface area (Å²) < 4.78 is 13.6. The van der Waals surface area contributed by atoms with Crippen LogP contribution in [0.25, 0.3) is 22.2 Å². The van der Waals surface area contributed by atoms with Crippen LogP contribution in [0.15, 0.2) is 78.0 Å². The third-order valence-corrected chi connectivity index (χ3v) is 7.15. The largest absolute Gasteiger partial charge is 0.493 e. The molecule has 0 aliphatic heterocycles. The van der Waals surface area contributed by atoms with Crippen LogP contribution in [0.5, 0.6) is 5.75 Å². The number of hydrogen-bond acceptors (Lipinski definition) is 6. The van der Waals surface area contributed by atoms with E-state index in [4.69, 9.17) is 15.2 Å². The molecule has 0 aliphatic carbocycles. The summed E-state index contributed by atoms with van der Waals surface area (Å²) >= 11 is 0. The molecule has 1 aromatic heterocycles. The number of imidazole rings is 1. The Morgan fingerprint density at radius 2 is 1.84 bits per heavy atom. The van der Waals surface area contributed by atoms with Crippen molar-refractivity contribution >= 4 is 22.9 Å². The van der Waals surface area contributed by atoms with Crippen LogP contribution < -0.4 is 21.1 Å². The van der Waals surface area contributed by atoms with Crippen LogP contribution in [0.2, 0.25) is 0 Å². The Hall–Kier alpha value is -4.21. The molecule has 4 rings (SSSR count). The molecule has 0 atom stereocenters. The van der Waals surface area contributed by atoms with Gasteiger partial charge in [-0.15, -0.1) is 0 Å². The van der Waals surface area contributed by atoms with E-state index < -0.39 is 0 Å². The number of benzene rings is 3. The number of nitrogens with zero attached hydrogens (tertiary/aromatic N) is 3. The number of nitrogens with two attached hydrogens (primary N) is 1. The number of methoxy groups -OCH3 is 1. The normalized spacial score (nSPS) is 11.6. The van der Waals surface area contributed by atoms with Gasteiger partial charge in [0.25, 0.3) is 0 Å². The molecule has 0 spiro atoms. The number of aromatic nitrogens is 2. The van der Waals surface area contributed by atoms with E-state index in [1.807, 2.05) is 30.6 Å². The van der Waals surface area contributed by atoms with Crippen LogP contribution in [0, 0.1) is 0 Å². The number of para-hydroxylation sites is 2. The second kappa shape index (κ2) is 17.0. The molecule has 228 valence electrons.